The Morgan fingerprint density at radius 2 is 2.22 bits per heavy atom. The van der Waals surface area contributed by atoms with E-state index >= 15 is 0 Å². The molecular formula is C14H13N3S. The van der Waals surface area contributed by atoms with Crippen molar-refractivity contribution in [1.29, 1.82) is 0 Å². The van der Waals surface area contributed by atoms with E-state index in [4.69, 9.17) is 4.98 Å². The molecule has 3 heterocycles. The molecule has 3 aromatic rings. The second-order valence-corrected chi connectivity index (χ2v) is 5.50. The number of rotatable bonds is 1. The molecule has 4 rings (SSSR count). The molecule has 0 saturated carbocycles. The maximum Gasteiger partial charge on any atom is 0.139 e. The van der Waals surface area contributed by atoms with E-state index in [1.54, 1.807) is 11.3 Å². The van der Waals surface area contributed by atoms with E-state index in [1.165, 1.54) is 27.0 Å². The summed E-state index contributed by atoms with van der Waals surface area (Å²) in [5, 5.41) is 6.80. The summed E-state index contributed by atoms with van der Waals surface area (Å²) in [5.41, 5.74) is 3.68. The van der Waals surface area contributed by atoms with Crippen LogP contribution in [0.4, 0.5) is 0 Å². The maximum absolute atomic E-state index is 4.76. The van der Waals surface area contributed by atoms with E-state index in [2.05, 4.69) is 39.9 Å². The first kappa shape index (κ1) is 10.3. The third-order valence-electron chi connectivity index (χ3n) is 3.44. The van der Waals surface area contributed by atoms with E-state index in [9.17, 15) is 0 Å². The Morgan fingerprint density at radius 1 is 1.22 bits per heavy atom. The molecule has 0 fully saturated rings. The Labute approximate surface area is 109 Å². The average molecular weight is 255 g/mol. The lowest BCUT2D eigenvalue weighted by molar-refractivity contribution is 0.627. The number of nitrogens with zero attached hydrogens (tertiary/aromatic N) is 1. The van der Waals surface area contributed by atoms with Crippen LogP contribution in [-0.2, 0) is 13.0 Å². The molecule has 1 aliphatic heterocycles. The Bertz CT molecular complexity index is 687. The number of H-pyrrole nitrogens is 1. The number of aromatic amines is 1. The van der Waals surface area contributed by atoms with Gasteiger partial charge in [0, 0.05) is 29.8 Å². The molecule has 18 heavy (non-hydrogen) atoms. The van der Waals surface area contributed by atoms with Gasteiger partial charge >= 0.3 is 0 Å². The quantitative estimate of drug-likeness (QED) is 0.702. The monoisotopic (exact) mass is 255 g/mol. The number of hydrogen-bond donors (Lipinski definition) is 2. The number of aromatic nitrogens is 2. The zero-order chi connectivity index (χ0) is 11.9. The molecule has 1 aromatic carbocycles. The smallest absolute Gasteiger partial charge is 0.139 e. The third kappa shape index (κ3) is 1.50. The Balaban J connectivity index is 1.91. The fraction of sp³-hybridized carbons (Fsp3) is 0.214. The minimum Gasteiger partial charge on any atom is -0.341 e. The van der Waals surface area contributed by atoms with Gasteiger partial charge in [-0.1, -0.05) is 12.1 Å². The molecule has 0 unspecified atom stereocenters. The lowest BCUT2D eigenvalue weighted by Crippen LogP contribution is -2.23. The average Bonchev–Trinajstić information content (AvgIpc) is 3.04. The minimum atomic E-state index is 0.906. The van der Waals surface area contributed by atoms with Crippen LogP contribution in [0.1, 0.15) is 11.4 Å². The molecule has 0 spiro atoms. The van der Waals surface area contributed by atoms with Gasteiger partial charge in [-0.05, 0) is 22.9 Å². The van der Waals surface area contributed by atoms with Gasteiger partial charge in [0.15, 0.2) is 0 Å². The normalized spacial score (nSPS) is 14.9. The van der Waals surface area contributed by atoms with Crippen molar-refractivity contribution in [3.05, 3.63) is 41.0 Å². The summed E-state index contributed by atoms with van der Waals surface area (Å²) in [5.74, 6) is 1.01. The molecule has 0 amide bonds. The van der Waals surface area contributed by atoms with E-state index in [1.807, 2.05) is 0 Å². The zero-order valence-electron chi connectivity index (χ0n) is 9.86. The summed E-state index contributed by atoms with van der Waals surface area (Å²) in [7, 11) is 0. The van der Waals surface area contributed by atoms with Crippen LogP contribution in [0.25, 0.3) is 21.5 Å². The van der Waals surface area contributed by atoms with Gasteiger partial charge in [0.2, 0.25) is 0 Å². The predicted octanol–water partition coefficient (Wildman–Crippen LogP) is 2.94. The van der Waals surface area contributed by atoms with Crippen molar-refractivity contribution in [2.75, 3.05) is 6.54 Å². The molecule has 2 N–H and O–H groups in total. The number of fused-ring (bicyclic) bond motifs is 2. The molecule has 1 aliphatic rings. The largest absolute Gasteiger partial charge is 0.341 e. The number of benzene rings is 1. The van der Waals surface area contributed by atoms with Gasteiger partial charge < -0.3 is 10.3 Å². The van der Waals surface area contributed by atoms with E-state index < -0.39 is 0 Å². The molecule has 3 nitrogen and oxygen atoms in total. The molecule has 0 aliphatic carbocycles. The summed E-state index contributed by atoms with van der Waals surface area (Å²) in [4.78, 5) is 8.23. The number of thiophene rings is 1. The first-order valence-corrected chi connectivity index (χ1v) is 7.05. The van der Waals surface area contributed by atoms with Crippen molar-refractivity contribution in [1.82, 2.24) is 15.3 Å². The highest BCUT2D eigenvalue weighted by atomic mass is 32.1. The van der Waals surface area contributed by atoms with Crippen molar-refractivity contribution in [2.24, 2.45) is 0 Å². The SMILES string of the molecule is c1cc(-c2nc3c([nH]2)CNCC3)c2sccc2c1. The topological polar surface area (TPSA) is 40.7 Å². The molecule has 0 atom stereocenters. The molecule has 0 radical (unpaired) electrons. The van der Waals surface area contributed by atoms with E-state index in [0.29, 0.717) is 0 Å². The summed E-state index contributed by atoms with van der Waals surface area (Å²) in [6.07, 6.45) is 1.02. The summed E-state index contributed by atoms with van der Waals surface area (Å²) >= 11 is 1.78. The highest BCUT2D eigenvalue weighted by Gasteiger charge is 2.16. The van der Waals surface area contributed by atoms with Crippen molar-refractivity contribution in [2.45, 2.75) is 13.0 Å². The van der Waals surface area contributed by atoms with Crippen LogP contribution < -0.4 is 5.32 Å². The van der Waals surface area contributed by atoms with Crippen LogP contribution >= 0.6 is 11.3 Å². The van der Waals surface area contributed by atoms with Crippen LogP contribution in [0.2, 0.25) is 0 Å². The maximum atomic E-state index is 4.76. The lowest BCUT2D eigenvalue weighted by atomic mass is 10.1. The van der Waals surface area contributed by atoms with Crippen LogP contribution in [0, 0.1) is 0 Å². The summed E-state index contributed by atoms with van der Waals surface area (Å²) in [6, 6.07) is 8.56. The summed E-state index contributed by atoms with van der Waals surface area (Å²) in [6.45, 7) is 1.93. The second-order valence-electron chi connectivity index (χ2n) is 4.58. The molecule has 0 saturated heterocycles. The lowest BCUT2D eigenvalue weighted by Gasteiger charge is -2.09. The Hall–Kier alpha value is -1.65. The van der Waals surface area contributed by atoms with Crippen molar-refractivity contribution in [3.63, 3.8) is 0 Å². The highest BCUT2D eigenvalue weighted by molar-refractivity contribution is 7.17. The van der Waals surface area contributed by atoms with Gasteiger partial charge in [0.05, 0.1) is 11.4 Å². The van der Waals surface area contributed by atoms with Gasteiger partial charge in [0.1, 0.15) is 5.82 Å². The molecule has 4 heteroatoms. The van der Waals surface area contributed by atoms with E-state index in [-0.39, 0.29) is 0 Å². The first-order valence-electron chi connectivity index (χ1n) is 6.17. The number of hydrogen-bond acceptors (Lipinski definition) is 3. The fourth-order valence-corrected chi connectivity index (χ4v) is 3.44. The van der Waals surface area contributed by atoms with Gasteiger partial charge in [-0.2, -0.15) is 0 Å². The van der Waals surface area contributed by atoms with Gasteiger partial charge in [0.25, 0.3) is 0 Å². The van der Waals surface area contributed by atoms with Crippen LogP contribution in [0.5, 0.6) is 0 Å². The molecule has 0 bridgehead atoms. The predicted molar refractivity (Wildman–Crippen MR) is 74.8 cm³/mol. The van der Waals surface area contributed by atoms with Crippen LogP contribution in [-0.4, -0.2) is 16.5 Å². The number of imidazole rings is 1. The Morgan fingerprint density at radius 3 is 3.17 bits per heavy atom. The second kappa shape index (κ2) is 3.93. The molecule has 2 aromatic heterocycles. The Kier molecular flexibility index (Phi) is 2.25. The fourth-order valence-electron chi connectivity index (χ4n) is 2.53. The van der Waals surface area contributed by atoms with E-state index in [0.717, 1.165) is 25.3 Å². The van der Waals surface area contributed by atoms with Crippen LogP contribution in [0.3, 0.4) is 0 Å². The number of nitrogens with one attached hydrogen (secondary N) is 2. The first-order chi connectivity index (χ1) is 8.92. The van der Waals surface area contributed by atoms with Gasteiger partial charge in [-0.3, -0.25) is 0 Å². The van der Waals surface area contributed by atoms with Crippen molar-refractivity contribution in [3.8, 4) is 11.4 Å². The standard InChI is InChI=1S/C14H13N3S/c1-2-9-5-7-18-13(9)10(3-1)14-16-11-4-6-15-8-12(11)17-14/h1-3,5,7,15H,4,6,8H2,(H,16,17). The van der Waals surface area contributed by atoms with Gasteiger partial charge in [-0.25, -0.2) is 4.98 Å². The minimum absolute atomic E-state index is 0.906. The third-order valence-corrected chi connectivity index (χ3v) is 4.40. The highest BCUT2D eigenvalue weighted by Crippen LogP contribution is 2.31. The summed E-state index contributed by atoms with van der Waals surface area (Å²) < 4.78 is 1.32. The zero-order valence-corrected chi connectivity index (χ0v) is 10.7. The van der Waals surface area contributed by atoms with Crippen LogP contribution in [0.15, 0.2) is 29.6 Å². The van der Waals surface area contributed by atoms with Crippen molar-refractivity contribution >= 4 is 21.4 Å². The van der Waals surface area contributed by atoms with Gasteiger partial charge in [-0.15, -0.1) is 11.3 Å². The molecular weight excluding hydrogens is 242 g/mol. The van der Waals surface area contributed by atoms with Crippen molar-refractivity contribution < 1.29 is 0 Å². The molecule has 90 valence electrons.